The summed E-state index contributed by atoms with van der Waals surface area (Å²) >= 11 is 6.42. The van der Waals surface area contributed by atoms with E-state index in [0.29, 0.717) is 0 Å². The molecule has 112 valence electrons. The van der Waals surface area contributed by atoms with Gasteiger partial charge in [0.25, 0.3) is 0 Å². The van der Waals surface area contributed by atoms with Gasteiger partial charge in [-0.3, -0.25) is 4.90 Å². The SMILES string of the molecule is CCC(C)(C(NC)c1ccccc1Cl)N1CCOCC1. The number of morpholine rings is 1. The molecular weight excluding hydrogens is 272 g/mol. The molecule has 2 unspecified atom stereocenters. The molecule has 1 heterocycles. The largest absolute Gasteiger partial charge is 0.379 e. The number of hydrogen-bond donors (Lipinski definition) is 1. The molecule has 1 aromatic rings. The third kappa shape index (κ3) is 3.01. The van der Waals surface area contributed by atoms with Crippen LogP contribution in [0, 0.1) is 0 Å². The Morgan fingerprint density at radius 3 is 2.55 bits per heavy atom. The van der Waals surface area contributed by atoms with E-state index in [1.807, 2.05) is 19.2 Å². The summed E-state index contributed by atoms with van der Waals surface area (Å²) < 4.78 is 5.49. The van der Waals surface area contributed by atoms with E-state index < -0.39 is 0 Å². The lowest BCUT2D eigenvalue weighted by Crippen LogP contribution is -2.57. The Morgan fingerprint density at radius 1 is 1.35 bits per heavy atom. The smallest absolute Gasteiger partial charge is 0.0594 e. The Kier molecular flexibility index (Phi) is 5.44. The monoisotopic (exact) mass is 296 g/mol. The fourth-order valence-corrected chi connectivity index (χ4v) is 3.44. The van der Waals surface area contributed by atoms with Crippen LogP contribution in [0.15, 0.2) is 24.3 Å². The minimum atomic E-state index is 0.0313. The van der Waals surface area contributed by atoms with Crippen LogP contribution in [-0.4, -0.2) is 43.8 Å². The molecule has 2 atom stereocenters. The number of likely N-dealkylation sites (N-methyl/N-ethyl adjacent to an activating group) is 1. The zero-order valence-corrected chi connectivity index (χ0v) is 13.4. The molecule has 1 aliphatic heterocycles. The first-order valence-electron chi connectivity index (χ1n) is 7.38. The molecule has 1 fully saturated rings. The van der Waals surface area contributed by atoms with E-state index >= 15 is 0 Å². The molecule has 0 saturated carbocycles. The normalized spacial score (nSPS) is 21.4. The number of nitrogens with zero attached hydrogens (tertiary/aromatic N) is 1. The van der Waals surface area contributed by atoms with Gasteiger partial charge in [-0.25, -0.2) is 0 Å². The summed E-state index contributed by atoms with van der Waals surface area (Å²) in [6.45, 7) is 8.16. The topological polar surface area (TPSA) is 24.5 Å². The van der Waals surface area contributed by atoms with Gasteiger partial charge in [-0.2, -0.15) is 0 Å². The highest BCUT2D eigenvalue weighted by Gasteiger charge is 2.39. The molecule has 0 spiro atoms. The molecule has 3 nitrogen and oxygen atoms in total. The molecule has 1 aromatic carbocycles. The standard InChI is InChI=1S/C16H25ClN2O/c1-4-16(2,19-9-11-20-12-10-19)15(18-3)13-7-5-6-8-14(13)17/h5-8,15,18H,4,9-12H2,1-3H3. The number of hydrogen-bond acceptors (Lipinski definition) is 3. The van der Waals surface area contributed by atoms with E-state index in [4.69, 9.17) is 16.3 Å². The average molecular weight is 297 g/mol. The van der Waals surface area contributed by atoms with Crippen LogP contribution in [0.5, 0.6) is 0 Å². The number of halogens is 1. The van der Waals surface area contributed by atoms with Gasteiger partial charge in [0.1, 0.15) is 0 Å². The van der Waals surface area contributed by atoms with E-state index in [2.05, 4.69) is 36.2 Å². The Balaban J connectivity index is 2.33. The maximum Gasteiger partial charge on any atom is 0.0594 e. The number of rotatable bonds is 5. The Labute approximate surface area is 127 Å². The van der Waals surface area contributed by atoms with Crippen LogP contribution >= 0.6 is 11.6 Å². The predicted octanol–water partition coefficient (Wildman–Crippen LogP) is 3.10. The molecule has 0 aliphatic carbocycles. The van der Waals surface area contributed by atoms with Gasteiger partial charge in [-0.05, 0) is 32.0 Å². The van der Waals surface area contributed by atoms with E-state index in [-0.39, 0.29) is 11.6 Å². The van der Waals surface area contributed by atoms with E-state index in [0.717, 1.165) is 37.7 Å². The van der Waals surface area contributed by atoms with Crippen molar-refractivity contribution >= 4 is 11.6 Å². The molecule has 4 heteroatoms. The number of benzene rings is 1. The summed E-state index contributed by atoms with van der Waals surface area (Å²) in [4.78, 5) is 2.53. The zero-order valence-electron chi connectivity index (χ0n) is 12.7. The summed E-state index contributed by atoms with van der Waals surface area (Å²) in [5, 5.41) is 4.31. The fourth-order valence-electron chi connectivity index (χ4n) is 3.20. The molecule has 1 saturated heterocycles. The van der Waals surface area contributed by atoms with Crippen molar-refractivity contribution in [3.05, 3.63) is 34.9 Å². The van der Waals surface area contributed by atoms with Gasteiger partial charge in [-0.15, -0.1) is 0 Å². The maximum atomic E-state index is 6.42. The van der Waals surface area contributed by atoms with Gasteiger partial charge in [0, 0.05) is 23.7 Å². The van der Waals surface area contributed by atoms with Crippen LogP contribution in [0.3, 0.4) is 0 Å². The lowest BCUT2D eigenvalue weighted by atomic mass is 9.82. The second-order valence-corrected chi connectivity index (χ2v) is 5.96. The first kappa shape index (κ1) is 15.8. The van der Waals surface area contributed by atoms with Crippen molar-refractivity contribution in [2.75, 3.05) is 33.4 Å². The highest BCUT2D eigenvalue weighted by Crippen LogP contribution is 2.37. The molecule has 0 radical (unpaired) electrons. The second kappa shape index (κ2) is 6.90. The summed E-state index contributed by atoms with van der Waals surface area (Å²) in [5.74, 6) is 0. The highest BCUT2D eigenvalue weighted by molar-refractivity contribution is 6.31. The fraction of sp³-hybridized carbons (Fsp3) is 0.625. The van der Waals surface area contributed by atoms with Gasteiger partial charge in [-0.1, -0.05) is 36.7 Å². The minimum Gasteiger partial charge on any atom is -0.379 e. The van der Waals surface area contributed by atoms with Crippen LogP contribution in [-0.2, 0) is 4.74 Å². The third-order valence-electron chi connectivity index (χ3n) is 4.58. The summed E-state index contributed by atoms with van der Waals surface area (Å²) in [5.41, 5.74) is 1.20. The van der Waals surface area contributed by atoms with Gasteiger partial charge in [0.05, 0.1) is 19.3 Å². The van der Waals surface area contributed by atoms with Crippen molar-refractivity contribution in [2.24, 2.45) is 0 Å². The summed E-state index contributed by atoms with van der Waals surface area (Å²) in [6, 6.07) is 8.34. The van der Waals surface area contributed by atoms with Crippen molar-refractivity contribution in [1.29, 1.82) is 0 Å². The van der Waals surface area contributed by atoms with Crippen molar-refractivity contribution in [1.82, 2.24) is 10.2 Å². The first-order chi connectivity index (χ1) is 9.63. The lowest BCUT2D eigenvalue weighted by Gasteiger charge is -2.48. The molecule has 0 amide bonds. The van der Waals surface area contributed by atoms with Crippen LogP contribution in [0.4, 0.5) is 0 Å². The van der Waals surface area contributed by atoms with Crippen molar-refractivity contribution in [3.8, 4) is 0 Å². The molecule has 0 aromatic heterocycles. The quantitative estimate of drug-likeness (QED) is 0.903. The Morgan fingerprint density at radius 2 is 2.00 bits per heavy atom. The van der Waals surface area contributed by atoms with Crippen molar-refractivity contribution in [3.63, 3.8) is 0 Å². The lowest BCUT2D eigenvalue weighted by molar-refractivity contribution is -0.0319. The van der Waals surface area contributed by atoms with Gasteiger partial charge >= 0.3 is 0 Å². The number of nitrogens with one attached hydrogen (secondary N) is 1. The van der Waals surface area contributed by atoms with Crippen molar-refractivity contribution < 1.29 is 4.74 Å². The molecule has 1 N–H and O–H groups in total. The zero-order chi connectivity index (χ0) is 14.6. The van der Waals surface area contributed by atoms with Crippen LogP contribution in [0.2, 0.25) is 5.02 Å². The Hall–Kier alpha value is -0.610. The predicted molar refractivity (Wildman–Crippen MR) is 84.3 cm³/mol. The second-order valence-electron chi connectivity index (χ2n) is 5.55. The van der Waals surface area contributed by atoms with E-state index in [1.165, 1.54) is 5.56 Å². The van der Waals surface area contributed by atoms with Gasteiger partial charge < -0.3 is 10.1 Å². The molecule has 20 heavy (non-hydrogen) atoms. The molecule has 0 bridgehead atoms. The first-order valence-corrected chi connectivity index (χ1v) is 7.75. The van der Waals surface area contributed by atoms with Gasteiger partial charge in [0.15, 0.2) is 0 Å². The van der Waals surface area contributed by atoms with E-state index in [9.17, 15) is 0 Å². The van der Waals surface area contributed by atoms with E-state index in [1.54, 1.807) is 0 Å². The molecular formula is C16H25ClN2O. The summed E-state index contributed by atoms with van der Waals surface area (Å²) in [7, 11) is 2.02. The van der Waals surface area contributed by atoms with Gasteiger partial charge in [0.2, 0.25) is 0 Å². The molecule has 1 aliphatic rings. The minimum absolute atomic E-state index is 0.0313. The Bertz CT molecular complexity index is 434. The van der Waals surface area contributed by atoms with Crippen molar-refractivity contribution in [2.45, 2.75) is 31.8 Å². The van der Waals surface area contributed by atoms with Crippen LogP contribution < -0.4 is 5.32 Å². The number of ether oxygens (including phenoxy) is 1. The maximum absolute atomic E-state index is 6.42. The summed E-state index contributed by atoms with van der Waals surface area (Å²) in [6.07, 6.45) is 1.06. The third-order valence-corrected chi connectivity index (χ3v) is 4.92. The molecule has 2 rings (SSSR count). The average Bonchev–Trinajstić information content (AvgIpc) is 2.50. The van der Waals surface area contributed by atoms with Crippen LogP contribution in [0.1, 0.15) is 31.9 Å². The highest BCUT2D eigenvalue weighted by atomic mass is 35.5. The van der Waals surface area contributed by atoms with Crippen LogP contribution in [0.25, 0.3) is 0 Å².